The predicted octanol–water partition coefficient (Wildman–Crippen LogP) is 8.54. The third-order valence-corrected chi connectivity index (χ3v) is 9.86. The third kappa shape index (κ3) is 11.7. The molecule has 13 nitrogen and oxygen atoms in total. The van der Waals surface area contributed by atoms with Crippen molar-refractivity contribution >= 4 is 44.0 Å². The SMILES string of the molecule is CC(C)(C)OC(=O)N1CCc2c(ccc(O)c2Br)C1.Cc1ncoc1CO.Cc1ncoc1COc1ccc2c(c1Br)CCN(C(=O)OC(C)(C)C)C2. The number of hydrogen-bond donors (Lipinski definition) is 2. The first-order valence-electron chi connectivity index (χ1n) is 17.1. The van der Waals surface area contributed by atoms with E-state index in [1.807, 2.05) is 66.7 Å². The van der Waals surface area contributed by atoms with Crippen LogP contribution in [0, 0.1) is 13.8 Å². The van der Waals surface area contributed by atoms with E-state index in [9.17, 15) is 14.7 Å². The molecule has 2 aliphatic heterocycles. The van der Waals surface area contributed by atoms with Gasteiger partial charge in [-0.05, 0) is 134 Å². The number of phenols is 1. The molecule has 0 atom stereocenters. The summed E-state index contributed by atoms with van der Waals surface area (Å²) in [4.78, 5) is 35.6. The zero-order chi connectivity index (χ0) is 39.1. The number of amides is 2. The summed E-state index contributed by atoms with van der Waals surface area (Å²) in [5, 5.41) is 18.1. The minimum absolute atomic E-state index is 0.0637. The van der Waals surface area contributed by atoms with Crippen LogP contribution in [0.2, 0.25) is 0 Å². The van der Waals surface area contributed by atoms with Crippen molar-refractivity contribution in [3.8, 4) is 11.5 Å². The molecule has 0 spiro atoms. The van der Waals surface area contributed by atoms with Crippen molar-refractivity contribution in [3.63, 3.8) is 0 Å². The van der Waals surface area contributed by atoms with Gasteiger partial charge in [0, 0.05) is 26.2 Å². The van der Waals surface area contributed by atoms with Gasteiger partial charge < -0.3 is 43.1 Å². The third-order valence-electron chi connectivity index (χ3n) is 8.11. The molecule has 15 heteroatoms. The number of benzene rings is 2. The fraction of sp³-hybridized carbons (Fsp3) is 0.474. The van der Waals surface area contributed by atoms with Gasteiger partial charge in [0.1, 0.15) is 35.9 Å². The van der Waals surface area contributed by atoms with Gasteiger partial charge in [0.2, 0.25) is 0 Å². The summed E-state index contributed by atoms with van der Waals surface area (Å²) in [6.07, 6.45) is 3.63. The Morgan fingerprint density at radius 3 is 1.68 bits per heavy atom. The smallest absolute Gasteiger partial charge is 0.410 e. The first-order valence-corrected chi connectivity index (χ1v) is 18.7. The van der Waals surface area contributed by atoms with Crippen LogP contribution in [0.15, 0.2) is 54.8 Å². The minimum Gasteiger partial charge on any atom is -0.507 e. The molecular formula is C38H48Br2N4O9. The molecule has 2 aliphatic rings. The summed E-state index contributed by atoms with van der Waals surface area (Å²) in [5.74, 6) is 2.26. The number of aliphatic hydroxyl groups is 1. The number of oxazole rings is 2. The molecule has 0 fully saturated rings. The average molecular weight is 865 g/mol. The van der Waals surface area contributed by atoms with E-state index >= 15 is 0 Å². The number of carbonyl (C=O) groups excluding carboxylic acids is 2. The van der Waals surface area contributed by atoms with Crippen LogP contribution in [-0.4, -0.2) is 66.5 Å². The van der Waals surface area contributed by atoms with E-state index < -0.39 is 11.2 Å². The van der Waals surface area contributed by atoms with Crippen molar-refractivity contribution in [1.29, 1.82) is 0 Å². The van der Waals surface area contributed by atoms with Gasteiger partial charge in [0.15, 0.2) is 24.3 Å². The van der Waals surface area contributed by atoms with Crippen molar-refractivity contribution in [3.05, 3.63) is 91.2 Å². The molecule has 6 rings (SSSR count). The lowest BCUT2D eigenvalue weighted by atomic mass is 9.99. The largest absolute Gasteiger partial charge is 0.507 e. The van der Waals surface area contributed by atoms with Gasteiger partial charge in [-0.3, -0.25) is 0 Å². The van der Waals surface area contributed by atoms with Crippen molar-refractivity contribution in [2.24, 2.45) is 0 Å². The van der Waals surface area contributed by atoms with Crippen LogP contribution in [0.25, 0.3) is 0 Å². The van der Waals surface area contributed by atoms with Crippen molar-refractivity contribution in [2.75, 3.05) is 13.1 Å². The number of fused-ring (bicyclic) bond motifs is 2. The van der Waals surface area contributed by atoms with Crippen molar-refractivity contribution in [1.82, 2.24) is 19.8 Å². The monoisotopic (exact) mass is 862 g/mol. The normalized spacial score (nSPS) is 13.8. The fourth-order valence-corrected chi connectivity index (χ4v) is 6.64. The Kier molecular flexibility index (Phi) is 14.0. The zero-order valence-corrected chi connectivity index (χ0v) is 34.6. The van der Waals surface area contributed by atoms with Gasteiger partial charge in [-0.15, -0.1) is 0 Å². The van der Waals surface area contributed by atoms with Crippen LogP contribution in [0.3, 0.4) is 0 Å². The Labute approximate surface area is 326 Å². The van der Waals surface area contributed by atoms with Gasteiger partial charge in [0.25, 0.3) is 0 Å². The zero-order valence-electron chi connectivity index (χ0n) is 31.4. The predicted molar refractivity (Wildman–Crippen MR) is 203 cm³/mol. The molecule has 53 heavy (non-hydrogen) atoms. The summed E-state index contributed by atoms with van der Waals surface area (Å²) in [6.45, 7) is 17.4. The number of halogens is 2. The van der Waals surface area contributed by atoms with Crippen LogP contribution >= 0.6 is 31.9 Å². The van der Waals surface area contributed by atoms with Gasteiger partial charge in [0.05, 0.1) is 20.3 Å². The first kappa shape index (κ1) is 41.7. The highest BCUT2D eigenvalue weighted by atomic mass is 79.9. The Balaban J connectivity index is 0.000000202. The van der Waals surface area contributed by atoms with Gasteiger partial charge in [-0.25, -0.2) is 19.6 Å². The molecule has 0 aliphatic carbocycles. The maximum Gasteiger partial charge on any atom is 0.410 e. The number of nitrogens with zero attached hydrogens (tertiary/aromatic N) is 4. The maximum atomic E-state index is 12.3. The molecule has 0 bridgehead atoms. The number of aromatic hydroxyl groups is 1. The van der Waals surface area contributed by atoms with E-state index in [-0.39, 0.29) is 24.5 Å². The number of aryl methyl sites for hydroxylation is 2. The van der Waals surface area contributed by atoms with E-state index in [0.29, 0.717) is 50.7 Å². The quantitative estimate of drug-likeness (QED) is 0.202. The molecule has 288 valence electrons. The van der Waals surface area contributed by atoms with E-state index in [2.05, 4.69) is 41.8 Å². The molecule has 2 aromatic heterocycles. The van der Waals surface area contributed by atoms with Crippen molar-refractivity contribution in [2.45, 2.75) is 106 Å². The summed E-state index contributed by atoms with van der Waals surface area (Å²) in [6, 6.07) is 7.40. The molecule has 2 amide bonds. The average Bonchev–Trinajstić information content (AvgIpc) is 3.71. The van der Waals surface area contributed by atoms with Crippen LogP contribution in [0.5, 0.6) is 11.5 Å². The molecule has 0 unspecified atom stereocenters. The van der Waals surface area contributed by atoms with Crippen LogP contribution in [0.1, 0.15) is 86.7 Å². The van der Waals surface area contributed by atoms with E-state index in [1.54, 1.807) is 22.8 Å². The van der Waals surface area contributed by atoms with E-state index in [0.717, 1.165) is 54.8 Å². The van der Waals surface area contributed by atoms with Crippen molar-refractivity contribution < 1.29 is 42.8 Å². The van der Waals surface area contributed by atoms with Crippen LogP contribution in [-0.2, 0) is 48.6 Å². The molecule has 2 N–H and O–H groups in total. The standard InChI is InChI=1S/C19H23BrN2O4.C14H18BrNO3.C5H7NO2/c1-12-16(25-11-21-12)10-24-15-6-5-13-9-22(8-7-14(13)17(15)20)18(23)26-19(2,3)4;1-14(2,3)19-13(18)16-7-6-10-9(8-16)4-5-11(17)12(10)15;1-4-5(2-7)8-3-6-4/h5-6,11H,7-10H2,1-4H3;4-5,17H,6-8H2,1-3H3;3,7H,2H2,1H3. The van der Waals surface area contributed by atoms with Gasteiger partial charge >= 0.3 is 12.2 Å². The van der Waals surface area contributed by atoms with Gasteiger partial charge in [-0.2, -0.15) is 0 Å². The van der Waals surface area contributed by atoms with E-state index in [1.165, 1.54) is 12.8 Å². The number of phenolic OH excluding ortho intramolecular Hbond substituents is 1. The lowest BCUT2D eigenvalue weighted by Gasteiger charge is -2.32. The number of carbonyl (C=O) groups is 2. The summed E-state index contributed by atoms with van der Waals surface area (Å²) < 4.78 is 28.4. The highest BCUT2D eigenvalue weighted by Gasteiger charge is 2.29. The fourth-order valence-electron chi connectivity index (χ4n) is 5.35. The topological polar surface area (TPSA) is 161 Å². The summed E-state index contributed by atoms with van der Waals surface area (Å²) in [7, 11) is 0. The van der Waals surface area contributed by atoms with Gasteiger partial charge in [-0.1, -0.05) is 12.1 Å². The maximum absolute atomic E-state index is 12.3. The first-order chi connectivity index (χ1) is 24.9. The van der Waals surface area contributed by atoms with E-state index in [4.69, 9.17) is 28.2 Å². The number of hydrogen-bond acceptors (Lipinski definition) is 11. The minimum atomic E-state index is -0.492. The second kappa shape index (κ2) is 17.8. The second-order valence-corrected chi connectivity index (χ2v) is 16.1. The molecule has 4 aromatic rings. The molecule has 0 saturated carbocycles. The number of aromatic nitrogens is 2. The number of aliphatic hydroxyl groups excluding tert-OH is 1. The summed E-state index contributed by atoms with van der Waals surface area (Å²) in [5.41, 5.74) is 4.98. The Morgan fingerprint density at radius 1 is 0.774 bits per heavy atom. The van der Waals surface area contributed by atoms with Crippen LogP contribution in [0.4, 0.5) is 9.59 Å². The Morgan fingerprint density at radius 2 is 1.25 bits per heavy atom. The molecule has 0 saturated heterocycles. The lowest BCUT2D eigenvalue weighted by molar-refractivity contribution is 0.0213. The highest BCUT2D eigenvalue weighted by Crippen LogP contribution is 2.36. The van der Waals surface area contributed by atoms with Crippen LogP contribution < -0.4 is 4.74 Å². The molecule has 4 heterocycles. The Bertz CT molecular complexity index is 1880. The molecule has 2 aromatic carbocycles. The highest BCUT2D eigenvalue weighted by molar-refractivity contribution is 9.11. The molecular weight excluding hydrogens is 816 g/mol. The lowest BCUT2D eigenvalue weighted by Crippen LogP contribution is -2.40. The Hall–Kier alpha value is -4.08. The number of rotatable bonds is 4. The number of ether oxygens (including phenoxy) is 3. The summed E-state index contributed by atoms with van der Waals surface area (Å²) >= 11 is 7.04. The molecule has 0 radical (unpaired) electrons. The second-order valence-electron chi connectivity index (χ2n) is 14.5.